The van der Waals surface area contributed by atoms with Gasteiger partial charge in [-0.3, -0.25) is 9.48 Å². The summed E-state index contributed by atoms with van der Waals surface area (Å²) in [6.07, 6.45) is 4.80. The van der Waals surface area contributed by atoms with Crippen molar-refractivity contribution in [1.29, 1.82) is 0 Å². The molecule has 138 valence electrons. The minimum atomic E-state index is -0.218. The van der Waals surface area contributed by atoms with Gasteiger partial charge in [0.2, 0.25) is 5.91 Å². The molecule has 2 fully saturated rings. The van der Waals surface area contributed by atoms with Crippen molar-refractivity contribution < 1.29 is 9.18 Å². The summed E-state index contributed by atoms with van der Waals surface area (Å²) < 4.78 is 15.0. The summed E-state index contributed by atoms with van der Waals surface area (Å²) in [7, 11) is 1.90. The number of amides is 1. The topological polar surface area (TPSA) is 50.2 Å². The highest BCUT2D eigenvalue weighted by atomic mass is 19.1. The van der Waals surface area contributed by atoms with E-state index in [0.29, 0.717) is 13.1 Å². The Kier molecular flexibility index (Phi) is 4.53. The predicted octanol–water partition coefficient (Wildman–Crippen LogP) is 2.27. The molecule has 2 unspecified atom stereocenters. The normalized spacial score (nSPS) is 28.7. The number of aryl methyl sites for hydroxylation is 1. The van der Waals surface area contributed by atoms with Gasteiger partial charge in [0.15, 0.2) is 0 Å². The van der Waals surface area contributed by atoms with E-state index in [-0.39, 0.29) is 35.5 Å². The van der Waals surface area contributed by atoms with Crippen molar-refractivity contribution in [2.45, 2.75) is 31.2 Å². The fourth-order valence-electron chi connectivity index (χ4n) is 4.45. The number of hydrogen-bond acceptors (Lipinski definition) is 3. The summed E-state index contributed by atoms with van der Waals surface area (Å²) in [6, 6.07) is 6.90. The van der Waals surface area contributed by atoms with Crippen molar-refractivity contribution in [3.8, 4) is 0 Å². The van der Waals surface area contributed by atoms with E-state index < -0.39 is 0 Å². The van der Waals surface area contributed by atoms with Crippen molar-refractivity contribution in [3.63, 3.8) is 0 Å². The molecule has 2 saturated heterocycles. The van der Waals surface area contributed by atoms with Crippen LogP contribution in [0, 0.1) is 11.7 Å². The number of carbonyl (C=O) groups excluding carboxylic acids is 1. The van der Waals surface area contributed by atoms with Gasteiger partial charge in [-0.05, 0) is 36.6 Å². The van der Waals surface area contributed by atoms with E-state index in [1.165, 1.54) is 12.1 Å². The van der Waals surface area contributed by atoms with Gasteiger partial charge in [-0.25, -0.2) is 4.39 Å². The first-order chi connectivity index (χ1) is 12.5. The lowest BCUT2D eigenvalue weighted by molar-refractivity contribution is -0.135. The lowest BCUT2D eigenvalue weighted by atomic mass is 9.89. The van der Waals surface area contributed by atoms with Gasteiger partial charge in [0.25, 0.3) is 0 Å². The molecule has 26 heavy (non-hydrogen) atoms. The van der Waals surface area contributed by atoms with Crippen molar-refractivity contribution in [3.05, 3.63) is 53.6 Å². The Morgan fingerprint density at radius 3 is 2.69 bits per heavy atom. The third-order valence-electron chi connectivity index (χ3n) is 5.88. The van der Waals surface area contributed by atoms with E-state index in [0.717, 1.165) is 24.1 Å². The van der Waals surface area contributed by atoms with E-state index in [1.54, 1.807) is 4.68 Å². The molecule has 0 radical (unpaired) electrons. The van der Waals surface area contributed by atoms with Crippen LogP contribution in [-0.2, 0) is 11.8 Å². The largest absolute Gasteiger partial charge is 0.339 e. The molecule has 4 rings (SSSR count). The molecule has 6 heteroatoms. The number of aromatic nitrogens is 2. The third-order valence-corrected chi connectivity index (χ3v) is 5.88. The number of carbonyl (C=O) groups is 1. The van der Waals surface area contributed by atoms with Crippen LogP contribution >= 0.6 is 0 Å². The van der Waals surface area contributed by atoms with Gasteiger partial charge in [-0.1, -0.05) is 12.1 Å². The van der Waals surface area contributed by atoms with E-state index in [9.17, 15) is 9.18 Å². The fourth-order valence-corrected chi connectivity index (χ4v) is 4.45. The van der Waals surface area contributed by atoms with Crippen molar-refractivity contribution >= 4 is 5.91 Å². The lowest BCUT2D eigenvalue weighted by Gasteiger charge is -2.27. The summed E-state index contributed by atoms with van der Waals surface area (Å²) in [4.78, 5) is 15.3. The Bertz CT molecular complexity index is 787. The second kappa shape index (κ2) is 6.83. The molecule has 0 spiro atoms. The quantitative estimate of drug-likeness (QED) is 0.918. The first-order valence-corrected chi connectivity index (χ1v) is 9.28. The number of rotatable bonds is 3. The van der Waals surface area contributed by atoms with Gasteiger partial charge in [-0.15, -0.1) is 0 Å². The van der Waals surface area contributed by atoms with Crippen molar-refractivity contribution in [2.24, 2.45) is 13.0 Å². The minimum Gasteiger partial charge on any atom is -0.339 e. The van der Waals surface area contributed by atoms with Crippen LogP contribution in [0.25, 0.3) is 0 Å². The van der Waals surface area contributed by atoms with Gasteiger partial charge in [0.05, 0.1) is 12.1 Å². The number of halogens is 1. The van der Waals surface area contributed by atoms with Gasteiger partial charge < -0.3 is 10.2 Å². The number of likely N-dealkylation sites (tertiary alicyclic amines) is 1. The molecule has 4 atom stereocenters. The molecule has 2 aromatic rings. The van der Waals surface area contributed by atoms with Crippen LogP contribution in [0.2, 0.25) is 0 Å². The van der Waals surface area contributed by atoms with Crippen LogP contribution in [0.3, 0.4) is 0 Å². The maximum atomic E-state index is 13.3. The Hall–Kier alpha value is -2.21. The summed E-state index contributed by atoms with van der Waals surface area (Å²) in [5.74, 6) is 0.410. The molecule has 0 saturated carbocycles. The van der Waals surface area contributed by atoms with Crippen LogP contribution < -0.4 is 5.32 Å². The fraction of sp³-hybridized carbons (Fsp3) is 0.500. The monoisotopic (exact) mass is 356 g/mol. The van der Waals surface area contributed by atoms with Crippen molar-refractivity contribution in [2.75, 3.05) is 19.6 Å². The summed E-state index contributed by atoms with van der Waals surface area (Å²) in [5, 5.41) is 7.63. The highest BCUT2D eigenvalue weighted by Crippen LogP contribution is 2.36. The maximum absolute atomic E-state index is 13.3. The highest BCUT2D eigenvalue weighted by molar-refractivity contribution is 5.81. The molecule has 1 amide bonds. The van der Waals surface area contributed by atoms with Crippen LogP contribution in [-0.4, -0.2) is 46.3 Å². The number of hydrogen-bond donors (Lipinski definition) is 1. The molecular weight excluding hydrogens is 331 g/mol. The van der Waals surface area contributed by atoms with Gasteiger partial charge in [0, 0.05) is 50.8 Å². The van der Waals surface area contributed by atoms with E-state index in [2.05, 4.69) is 17.3 Å². The second-order valence-electron chi connectivity index (χ2n) is 7.64. The van der Waals surface area contributed by atoms with Crippen LogP contribution in [0.15, 0.2) is 36.7 Å². The van der Waals surface area contributed by atoms with Gasteiger partial charge in [0.1, 0.15) is 5.82 Å². The minimum absolute atomic E-state index is 0.0476. The zero-order valence-corrected chi connectivity index (χ0v) is 15.2. The van der Waals surface area contributed by atoms with Crippen LogP contribution in [0.1, 0.15) is 36.3 Å². The van der Waals surface area contributed by atoms with E-state index in [1.807, 2.05) is 36.5 Å². The zero-order valence-electron chi connectivity index (χ0n) is 15.2. The van der Waals surface area contributed by atoms with Crippen molar-refractivity contribution in [1.82, 2.24) is 20.0 Å². The molecule has 3 heterocycles. The zero-order chi connectivity index (χ0) is 18.3. The van der Waals surface area contributed by atoms with Gasteiger partial charge in [-0.2, -0.15) is 5.10 Å². The molecule has 0 bridgehead atoms. The average molecular weight is 356 g/mol. The smallest absolute Gasteiger partial charge is 0.227 e. The Morgan fingerprint density at radius 1 is 1.23 bits per heavy atom. The second-order valence-corrected chi connectivity index (χ2v) is 7.64. The SMILES string of the molecule is CC1CC(c2ccc(F)cc2)CN1C(=O)[C@H]1CNC[C@@H]1c1cnn(C)c1. The average Bonchev–Trinajstić information content (AvgIpc) is 3.34. The lowest BCUT2D eigenvalue weighted by Crippen LogP contribution is -2.40. The molecule has 2 aliphatic heterocycles. The van der Waals surface area contributed by atoms with Gasteiger partial charge >= 0.3 is 0 Å². The molecule has 2 aliphatic rings. The molecule has 1 aromatic heterocycles. The Labute approximate surface area is 153 Å². The maximum Gasteiger partial charge on any atom is 0.227 e. The molecule has 0 aliphatic carbocycles. The van der Waals surface area contributed by atoms with Crippen LogP contribution in [0.4, 0.5) is 4.39 Å². The molecule has 1 aromatic carbocycles. The molecular formula is C20H25FN4O. The standard InChI is InChI=1S/C20H25FN4O/c1-13-7-15(14-3-5-17(21)6-4-14)12-25(13)20(26)19-10-22-9-18(19)16-8-23-24(2)11-16/h3-6,8,11,13,15,18-19,22H,7,9-10,12H2,1-2H3/t13?,15?,18-,19+/m1/s1. The highest BCUT2D eigenvalue weighted by Gasteiger charge is 2.41. The number of nitrogens with zero attached hydrogens (tertiary/aromatic N) is 3. The predicted molar refractivity (Wildman–Crippen MR) is 97.2 cm³/mol. The molecule has 1 N–H and O–H groups in total. The Balaban J connectivity index is 1.49. The first kappa shape index (κ1) is 17.2. The first-order valence-electron chi connectivity index (χ1n) is 9.28. The third kappa shape index (κ3) is 3.14. The molecule has 5 nitrogen and oxygen atoms in total. The summed E-state index contributed by atoms with van der Waals surface area (Å²) in [6.45, 7) is 4.35. The Morgan fingerprint density at radius 2 is 2.00 bits per heavy atom. The number of benzene rings is 1. The van der Waals surface area contributed by atoms with E-state index in [4.69, 9.17) is 0 Å². The van der Waals surface area contributed by atoms with E-state index >= 15 is 0 Å². The summed E-state index contributed by atoms with van der Waals surface area (Å²) >= 11 is 0. The summed E-state index contributed by atoms with van der Waals surface area (Å²) in [5.41, 5.74) is 2.24. The van der Waals surface area contributed by atoms with Crippen LogP contribution in [0.5, 0.6) is 0 Å². The number of nitrogens with one attached hydrogen (secondary N) is 1.